The lowest BCUT2D eigenvalue weighted by molar-refractivity contribution is -0.384. The molecule has 0 aliphatic rings. The van der Waals surface area contributed by atoms with Crippen LogP contribution in [0.25, 0.3) is 17.1 Å². The predicted octanol–water partition coefficient (Wildman–Crippen LogP) is 1.28. The van der Waals surface area contributed by atoms with Crippen molar-refractivity contribution in [2.75, 3.05) is 5.73 Å². The van der Waals surface area contributed by atoms with Crippen LogP contribution in [0.3, 0.4) is 0 Å². The molecule has 4 aromatic rings. The highest BCUT2D eigenvalue weighted by Gasteiger charge is 2.26. The third-order valence-electron chi connectivity index (χ3n) is 4.22. The molecule has 1 amide bonds. The molecule has 0 aliphatic heterocycles. The number of nitrogens with zero attached hydrogens (tertiary/aromatic N) is 7. The first-order chi connectivity index (χ1) is 15.5. The maximum absolute atomic E-state index is 12.8. The lowest BCUT2D eigenvalue weighted by Gasteiger charge is -2.06. The van der Waals surface area contributed by atoms with Crippen LogP contribution in [0.4, 0.5) is 11.5 Å². The van der Waals surface area contributed by atoms with Gasteiger partial charge in [-0.2, -0.15) is 9.78 Å². The van der Waals surface area contributed by atoms with Gasteiger partial charge in [-0.15, -0.1) is 5.10 Å². The molecule has 0 bridgehead atoms. The molecule has 0 saturated heterocycles. The zero-order valence-corrected chi connectivity index (χ0v) is 16.0. The van der Waals surface area contributed by atoms with Gasteiger partial charge in [-0.05, 0) is 22.4 Å². The molecule has 0 radical (unpaired) electrons. The van der Waals surface area contributed by atoms with Gasteiger partial charge in [0.2, 0.25) is 11.6 Å². The summed E-state index contributed by atoms with van der Waals surface area (Å²) in [6.45, 7) is 0. The molecule has 4 N–H and O–H groups in total. The number of para-hydroxylation sites is 1. The predicted molar refractivity (Wildman–Crippen MR) is 109 cm³/mol. The van der Waals surface area contributed by atoms with Gasteiger partial charge in [0.1, 0.15) is 11.4 Å². The van der Waals surface area contributed by atoms with Crippen LogP contribution >= 0.6 is 0 Å². The van der Waals surface area contributed by atoms with E-state index < -0.39 is 10.8 Å². The summed E-state index contributed by atoms with van der Waals surface area (Å²) in [5.41, 5.74) is 8.22. The summed E-state index contributed by atoms with van der Waals surface area (Å²) in [6, 6.07) is 11.9. The van der Waals surface area contributed by atoms with Crippen LogP contribution in [0.5, 0.6) is 5.75 Å². The van der Waals surface area contributed by atoms with Crippen molar-refractivity contribution < 1.29 is 19.5 Å². The second-order valence-corrected chi connectivity index (χ2v) is 6.24. The highest BCUT2D eigenvalue weighted by molar-refractivity contribution is 5.99. The van der Waals surface area contributed by atoms with Crippen LogP contribution < -0.4 is 11.2 Å². The van der Waals surface area contributed by atoms with Gasteiger partial charge in [-0.3, -0.25) is 14.9 Å². The topological polar surface area (TPSA) is 200 Å². The van der Waals surface area contributed by atoms with Crippen molar-refractivity contribution in [2.45, 2.75) is 0 Å². The number of phenols is 1. The number of amides is 1. The van der Waals surface area contributed by atoms with Gasteiger partial charge in [0.15, 0.2) is 5.69 Å². The van der Waals surface area contributed by atoms with Crippen molar-refractivity contribution in [1.82, 2.24) is 30.7 Å². The minimum Gasteiger partial charge on any atom is -0.507 e. The number of hydrazone groups is 1. The Bertz CT molecular complexity index is 1340. The second-order valence-electron chi connectivity index (χ2n) is 6.24. The van der Waals surface area contributed by atoms with E-state index >= 15 is 0 Å². The Balaban J connectivity index is 1.74. The highest BCUT2D eigenvalue weighted by atomic mass is 16.6. The molecule has 160 valence electrons. The van der Waals surface area contributed by atoms with Crippen molar-refractivity contribution >= 4 is 23.6 Å². The summed E-state index contributed by atoms with van der Waals surface area (Å²) < 4.78 is 5.65. The number of nitro groups is 1. The Labute approximate surface area is 178 Å². The Morgan fingerprint density at radius 1 is 1.25 bits per heavy atom. The van der Waals surface area contributed by atoms with Crippen LogP contribution in [0.2, 0.25) is 0 Å². The summed E-state index contributed by atoms with van der Waals surface area (Å²) in [6.07, 6.45) is 1.24. The maximum Gasteiger partial charge on any atom is 0.294 e. The van der Waals surface area contributed by atoms with Gasteiger partial charge in [-0.1, -0.05) is 29.5 Å². The number of phenolic OH excluding ortho intramolecular Hbond substituents is 1. The molecule has 14 nitrogen and oxygen atoms in total. The van der Waals surface area contributed by atoms with Crippen LogP contribution in [-0.2, 0) is 0 Å². The number of carbonyl (C=O) groups is 1. The number of hydrogen-bond acceptors (Lipinski definition) is 11. The summed E-state index contributed by atoms with van der Waals surface area (Å²) in [4.78, 5) is 23.4. The Morgan fingerprint density at radius 3 is 2.78 bits per heavy atom. The molecule has 4 rings (SSSR count). The van der Waals surface area contributed by atoms with Gasteiger partial charge < -0.3 is 10.8 Å². The molecule has 32 heavy (non-hydrogen) atoms. The zero-order valence-electron chi connectivity index (χ0n) is 16.0. The van der Waals surface area contributed by atoms with Crippen molar-refractivity contribution in [3.8, 4) is 22.8 Å². The third-order valence-corrected chi connectivity index (χ3v) is 4.22. The molecule has 14 heteroatoms. The first-order valence-electron chi connectivity index (χ1n) is 8.86. The molecule has 0 unspecified atom stereocenters. The van der Waals surface area contributed by atoms with E-state index in [0.29, 0.717) is 5.56 Å². The number of hydrogen-bond donors (Lipinski definition) is 3. The van der Waals surface area contributed by atoms with Crippen LogP contribution in [-0.4, -0.2) is 47.5 Å². The second kappa shape index (κ2) is 8.31. The number of nitrogens with two attached hydrogens (primary N) is 1. The molecular formula is C18H13N9O5. The number of anilines is 1. The molecule has 2 aromatic carbocycles. The van der Waals surface area contributed by atoms with Crippen LogP contribution in [0.1, 0.15) is 16.1 Å². The van der Waals surface area contributed by atoms with Crippen molar-refractivity contribution in [2.24, 2.45) is 5.10 Å². The average molecular weight is 435 g/mol. The van der Waals surface area contributed by atoms with Gasteiger partial charge in [0, 0.05) is 23.3 Å². The third kappa shape index (κ3) is 3.82. The molecule has 0 spiro atoms. The average Bonchev–Trinajstić information content (AvgIpc) is 3.41. The van der Waals surface area contributed by atoms with Gasteiger partial charge in [0.05, 0.1) is 11.1 Å². The van der Waals surface area contributed by atoms with Crippen LogP contribution in [0, 0.1) is 10.1 Å². The Morgan fingerprint density at radius 2 is 2.06 bits per heavy atom. The lowest BCUT2D eigenvalue weighted by atomic mass is 10.1. The van der Waals surface area contributed by atoms with E-state index in [1.165, 1.54) is 36.5 Å². The number of nitro benzene ring substituents is 1. The number of aromatic hydroxyl groups is 1. The van der Waals surface area contributed by atoms with E-state index in [9.17, 15) is 20.0 Å². The minimum atomic E-state index is -0.778. The molecule has 0 aliphatic carbocycles. The molecule has 0 saturated carbocycles. The molecule has 2 heterocycles. The maximum atomic E-state index is 12.8. The molecule has 2 aromatic heterocycles. The SMILES string of the molecule is Nc1nonc1-n1nnc(C(=O)N/N=C\c2ccccc2O)c1-c1cccc([N+](=O)[O-])c1. The lowest BCUT2D eigenvalue weighted by Crippen LogP contribution is -2.19. The fourth-order valence-corrected chi connectivity index (χ4v) is 2.76. The number of non-ortho nitro benzene ring substituents is 1. The standard InChI is InChI=1S/C18H13N9O5/c19-16-17(24-32-23-16)26-15(10-5-3-6-12(8-10)27(30)31)14(21-25-26)18(29)22-20-9-11-4-1-2-7-13(11)28/h1-9,28H,(H2,19,23)(H,22,29)/b20-9-. The first-order valence-corrected chi connectivity index (χ1v) is 8.86. The van der Waals surface area contributed by atoms with Crippen molar-refractivity contribution in [3.63, 3.8) is 0 Å². The number of rotatable bonds is 6. The number of benzene rings is 2. The number of nitrogen functional groups attached to an aromatic ring is 1. The smallest absolute Gasteiger partial charge is 0.294 e. The summed E-state index contributed by atoms with van der Waals surface area (Å²) in [5, 5.41) is 39.6. The summed E-state index contributed by atoms with van der Waals surface area (Å²) in [5.74, 6) is -0.996. The van der Waals surface area contributed by atoms with E-state index in [1.807, 2.05) is 0 Å². The Hall–Kier alpha value is -5.14. The van der Waals surface area contributed by atoms with E-state index in [-0.39, 0.29) is 40.0 Å². The summed E-state index contributed by atoms with van der Waals surface area (Å²) in [7, 11) is 0. The normalized spacial score (nSPS) is 11.0. The van der Waals surface area contributed by atoms with E-state index in [0.717, 1.165) is 4.68 Å². The summed E-state index contributed by atoms with van der Waals surface area (Å²) >= 11 is 0. The number of carbonyl (C=O) groups excluding carboxylic acids is 1. The molecule has 0 atom stereocenters. The van der Waals surface area contributed by atoms with E-state index in [2.05, 4.69) is 35.8 Å². The number of aromatic nitrogens is 5. The number of nitrogens with one attached hydrogen (secondary N) is 1. The van der Waals surface area contributed by atoms with E-state index in [1.54, 1.807) is 18.2 Å². The van der Waals surface area contributed by atoms with Gasteiger partial charge in [0.25, 0.3) is 11.6 Å². The fourth-order valence-electron chi connectivity index (χ4n) is 2.76. The minimum absolute atomic E-state index is 0.0252. The van der Waals surface area contributed by atoms with Gasteiger partial charge in [-0.25, -0.2) is 10.1 Å². The van der Waals surface area contributed by atoms with Crippen molar-refractivity contribution in [3.05, 3.63) is 69.9 Å². The monoisotopic (exact) mass is 435 g/mol. The van der Waals surface area contributed by atoms with Crippen molar-refractivity contribution in [1.29, 1.82) is 0 Å². The van der Waals surface area contributed by atoms with Gasteiger partial charge >= 0.3 is 0 Å². The quantitative estimate of drug-likeness (QED) is 0.225. The Kier molecular flexibility index (Phi) is 5.23. The fraction of sp³-hybridized carbons (Fsp3) is 0. The zero-order chi connectivity index (χ0) is 22.7. The molecular weight excluding hydrogens is 422 g/mol. The largest absolute Gasteiger partial charge is 0.507 e. The van der Waals surface area contributed by atoms with E-state index in [4.69, 9.17) is 5.73 Å². The highest BCUT2D eigenvalue weighted by Crippen LogP contribution is 2.29. The van der Waals surface area contributed by atoms with Crippen LogP contribution in [0.15, 0.2) is 58.3 Å². The first kappa shape index (κ1) is 20.1. The molecule has 0 fully saturated rings.